The van der Waals surface area contributed by atoms with Crippen molar-refractivity contribution in [3.05, 3.63) is 29.3 Å². The summed E-state index contributed by atoms with van der Waals surface area (Å²) in [5, 5.41) is 13.6. The number of nitrogens with one attached hydrogen (secondary N) is 1. The van der Waals surface area contributed by atoms with Crippen molar-refractivity contribution in [1.82, 2.24) is 9.97 Å². The van der Waals surface area contributed by atoms with Crippen LogP contribution in [0.3, 0.4) is 0 Å². The van der Waals surface area contributed by atoms with E-state index in [1.165, 1.54) is 0 Å². The Balaban J connectivity index is 1.91. The molecule has 1 aromatic heterocycles. The van der Waals surface area contributed by atoms with Crippen molar-refractivity contribution in [2.75, 3.05) is 17.7 Å². The molecule has 2 aromatic rings. The van der Waals surface area contributed by atoms with Crippen molar-refractivity contribution in [1.29, 1.82) is 0 Å². The first-order valence-electron chi connectivity index (χ1n) is 6.97. The van der Waals surface area contributed by atoms with Crippen LogP contribution in [0.5, 0.6) is 11.6 Å². The van der Waals surface area contributed by atoms with Gasteiger partial charge in [-0.3, -0.25) is 0 Å². The van der Waals surface area contributed by atoms with Crippen molar-refractivity contribution in [3.8, 4) is 11.6 Å². The van der Waals surface area contributed by atoms with E-state index < -0.39 is 5.54 Å². The van der Waals surface area contributed by atoms with Crippen LogP contribution < -0.4 is 15.8 Å². The molecule has 0 saturated heterocycles. The molecule has 0 fully saturated rings. The molecule has 0 saturated carbocycles. The van der Waals surface area contributed by atoms with E-state index >= 15 is 0 Å². The lowest BCUT2D eigenvalue weighted by molar-refractivity contribution is 0.369. The molecule has 1 aromatic carbocycles. The van der Waals surface area contributed by atoms with Gasteiger partial charge >= 0.3 is 0 Å². The molecule has 7 nitrogen and oxygen atoms in total. The largest absolute Gasteiger partial charge is 0.492 e. The Morgan fingerprint density at radius 2 is 2.04 bits per heavy atom. The second-order valence-corrected chi connectivity index (χ2v) is 6.04. The Kier molecular flexibility index (Phi) is 3.73. The molecule has 2 heterocycles. The molecule has 1 aliphatic heterocycles. The van der Waals surface area contributed by atoms with E-state index in [2.05, 4.69) is 20.3 Å². The van der Waals surface area contributed by atoms with Crippen molar-refractivity contribution in [2.24, 2.45) is 4.99 Å². The van der Waals surface area contributed by atoms with E-state index in [4.69, 9.17) is 22.1 Å². The molecule has 3 rings (SSSR count). The lowest BCUT2D eigenvalue weighted by Gasteiger charge is -2.33. The highest BCUT2D eigenvalue weighted by atomic mass is 35.5. The fourth-order valence-corrected chi connectivity index (χ4v) is 2.40. The van der Waals surface area contributed by atoms with Gasteiger partial charge in [0.15, 0.2) is 11.5 Å². The highest BCUT2D eigenvalue weighted by Crippen LogP contribution is 2.38. The number of aromatic nitrogens is 2. The van der Waals surface area contributed by atoms with Gasteiger partial charge in [-0.05, 0) is 26.0 Å². The topological polar surface area (TPSA) is 106 Å². The molecule has 4 N–H and O–H groups in total. The van der Waals surface area contributed by atoms with Crippen LogP contribution >= 0.6 is 11.6 Å². The zero-order valence-corrected chi connectivity index (χ0v) is 13.4. The Hall–Kier alpha value is -2.54. The number of hydrogen-bond donors (Lipinski definition) is 3. The Labute approximate surface area is 138 Å². The summed E-state index contributed by atoms with van der Waals surface area (Å²) in [6.45, 7) is 4.06. The van der Waals surface area contributed by atoms with Gasteiger partial charge in [0.2, 0.25) is 11.8 Å². The zero-order valence-electron chi connectivity index (χ0n) is 12.7. The lowest BCUT2D eigenvalue weighted by Crippen LogP contribution is -2.45. The molecule has 8 heteroatoms. The normalized spacial score (nSPS) is 15.3. The molecular weight excluding hydrogens is 318 g/mol. The first kappa shape index (κ1) is 15.4. The minimum Gasteiger partial charge on any atom is -0.492 e. The number of para-hydroxylation sites is 1. The van der Waals surface area contributed by atoms with Crippen molar-refractivity contribution >= 4 is 34.8 Å². The molecule has 0 amide bonds. The van der Waals surface area contributed by atoms with Gasteiger partial charge in [-0.25, -0.2) is 4.99 Å². The third-order valence-electron chi connectivity index (χ3n) is 3.48. The monoisotopic (exact) mass is 333 g/mol. The summed E-state index contributed by atoms with van der Waals surface area (Å²) in [7, 11) is 0. The summed E-state index contributed by atoms with van der Waals surface area (Å²) in [6.07, 6.45) is 0. The van der Waals surface area contributed by atoms with Gasteiger partial charge in [0.05, 0.1) is 16.3 Å². The summed E-state index contributed by atoms with van der Waals surface area (Å²) >= 11 is 6.08. The first-order valence-corrected chi connectivity index (χ1v) is 7.34. The van der Waals surface area contributed by atoms with Gasteiger partial charge in [0.25, 0.3) is 0 Å². The number of halogens is 1. The molecule has 1 aliphatic rings. The van der Waals surface area contributed by atoms with Crippen LogP contribution in [0.25, 0.3) is 0 Å². The van der Waals surface area contributed by atoms with Gasteiger partial charge in [-0.15, -0.1) is 0 Å². The predicted octanol–water partition coefficient (Wildman–Crippen LogP) is 2.77. The summed E-state index contributed by atoms with van der Waals surface area (Å²) in [6, 6.07) is 7.20. The third kappa shape index (κ3) is 3.00. The SMILES string of the molecule is CC1(C)Nc2nc(N)nc(O)c2N=C1COc1ccccc1Cl. The molecule has 0 spiro atoms. The van der Waals surface area contributed by atoms with E-state index in [-0.39, 0.29) is 24.1 Å². The van der Waals surface area contributed by atoms with E-state index in [0.717, 1.165) is 0 Å². The van der Waals surface area contributed by atoms with Crippen LogP contribution in [0.1, 0.15) is 13.8 Å². The van der Waals surface area contributed by atoms with Crippen LogP contribution in [0.2, 0.25) is 5.02 Å². The van der Waals surface area contributed by atoms with Gasteiger partial charge < -0.3 is 20.9 Å². The van der Waals surface area contributed by atoms with E-state index in [9.17, 15) is 5.11 Å². The zero-order chi connectivity index (χ0) is 16.6. The highest BCUT2D eigenvalue weighted by molar-refractivity contribution is 6.32. The van der Waals surface area contributed by atoms with E-state index in [0.29, 0.717) is 22.3 Å². The summed E-state index contributed by atoms with van der Waals surface area (Å²) < 4.78 is 5.74. The lowest BCUT2D eigenvalue weighted by atomic mass is 9.96. The number of aliphatic imine (C=N–C) groups is 1. The van der Waals surface area contributed by atoms with Gasteiger partial charge in [0, 0.05) is 0 Å². The summed E-state index contributed by atoms with van der Waals surface area (Å²) in [5.74, 6) is 0.666. The quantitative estimate of drug-likeness (QED) is 0.797. The molecule has 0 radical (unpaired) electrons. The van der Waals surface area contributed by atoms with Crippen molar-refractivity contribution < 1.29 is 9.84 Å². The Bertz CT molecular complexity index is 791. The van der Waals surface area contributed by atoms with Crippen LogP contribution in [0, 0.1) is 0 Å². The number of rotatable bonds is 3. The molecular formula is C15H16ClN5O2. The average molecular weight is 334 g/mol. The fraction of sp³-hybridized carbons (Fsp3) is 0.267. The third-order valence-corrected chi connectivity index (χ3v) is 3.80. The number of nitrogens with two attached hydrogens (primary N) is 1. The molecule has 0 bridgehead atoms. The molecule has 23 heavy (non-hydrogen) atoms. The van der Waals surface area contributed by atoms with Gasteiger partial charge in [-0.2, -0.15) is 9.97 Å². The first-order chi connectivity index (χ1) is 10.9. The van der Waals surface area contributed by atoms with E-state index in [1.807, 2.05) is 26.0 Å². The van der Waals surface area contributed by atoms with Crippen molar-refractivity contribution in [2.45, 2.75) is 19.4 Å². The minimum atomic E-state index is -0.526. The highest BCUT2D eigenvalue weighted by Gasteiger charge is 2.33. The van der Waals surface area contributed by atoms with Crippen molar-refractivity contribution in [3.63, 3.8) is 0 Å². The Morgan fingerprint density at radius 3 is 2.78 bits per heavy atom. The number of nitrogens with zero attached hydrogens (tertiary/aromatic N) is 3. The Morgan fingerprint density at radius 1 is 1.30 bits per heavy atom. The number of hydrogen-bond acceptors (Lipinski definition) is 7. The van der Waals surface area contributed by atoms with Crippen LogP contribution in [-0.4, -0.2) is 32.9 Å². The second kappa shape index (κ2) is 5.58. The standard InChI is InChI=1S/C15H16ClN5O2/c1-15(2)10(7-23-9-6-4-3-5-8(9)16)18-11-12(21-15)19-14(17)20-13(11)22/h3-6H,7H2,1-2H3,(H4,17,19,20,21,22). The average Bonchev–Trinajstić information content (AvgIpc) is 2.46. The maximum absolute atomic E-state index is 9.91. The number of anilines is 2. The number of aromatic hydroxyl groups is 1. The van der Waals surface area contributed by atoms with Gasteiger partial charge in [-0.1, -0.05) is 23.7 Å². The predicted molar refractivity (Wildman–Crippen MR) is 89.9 cm³/mol. The van der Waals surface area contributed by atoms with Crippen LogP contribution in [0.15, 0.2) is 29.3 Å². The molecule has 0 aliphatic carbocycles. The number of benzene rings is 1. The van der Waals surface area contributed by atoms with Crippen LogP contribution in [0.4, 0.5) is 17.5 Å². The smallest absolute Gasteiger partial charge is 0.244 e. The van der Waals surface area contributed by atoms with E-state index in [1.54, 1.807) is 12.1 Å². The fourth-order valence-electron chi connectivity index (χ4n) is 2.21. The maximum Gasteiger partial charge on any atom is 0.244 e. The summed E-state index contributed by atoms with van der Waals surface area (Å²) in [5.41, 5.74) is 5.94. The molecule has 120 valence electrons. The number of nitrogen functional groups attached to an aromatic ring is 1. The maximum atomic E-state index is 9.91. The molecule has 0 unspecified atom stereocenters. The molecule has 0 atom stereocenters. The second-order valence-electron chi connectivity index (χ2n) is 5.63. The minimum absolute atomic E-state index is 0.0180. The van der Waals surface area contributed by atoms with Crippen LogP contribution in [-0.2, 0) is 0 Å². The number of fused-ring (bicyclic) bond motifs is 1. The number of ether oxygens (including phenoxy) is 1. The summed E-state index contributed by atoms with van der Waals surface area (Å²) in [4.78, 5) is 12.2. The van der Waals surface area contributed by atoms with Gasteiger partial charge in [0.1, 0.15) is 12.4 Å².